The summed E-state index contributed by atoms with van der Waals surface area (Å²) in [5.41, 5.74) is 1.83. The summed E-state index contributed by atoms with van der Waals surface area (Å²) in [6.45, 7) is 4.05. The van der Waals surface area contributed by atoms with Crippen LogP contribution < -0.4 is 10.6 Å². The zero-order valence-corrected chi connectivity index (χ0v) is 17.7. The van der Waals surface area contributed by atoms with Crippen LogP contribution in [0.2, 0.25) is 0 Å². The van der Waals surface area contributed by atoms with E-state index in [2.05, 4.69) is 20.8 Å². The van der Waals surface area contributed by atoms with E-state index in [9.17, 15) is 14.0 Å². The lowest BCUT2D eigenvalue weighted by molar-refractivity contribution is 0.0926. The number of thiophene rings is 1. The zero-order valence-electron chi connectivity index (χ0n) is 16.9. The molecule has 158 valence electrons. The molecule has 0 radical (unpaired) electrons. The molecule has 0 aliphatic rings. The van der Waals surface area contributed by atoms with Crippen LogP contribution in [-0.4, -0.2) is 35.0 Å². The minimum absolute atomic E-state index is 0.0411. The maximum Gasteiger partial charge on any atom is 0.259 e. The number of carbonyl (C=O) groups excluding carboxylic acids is 2. The molecule has 0 aliphatic heterocycles. The third-order valence-electron chi connectivity index (χ3n) is 4.67. The largest absolute Gasteiger partial charge is 0.350 e. The van der Waals surface area contributed by atoms with Crippen molar-refractivity contribution in [2.75, 3.05) is 13.1 Å². The summed E-state index contributed by atoms with van der Waals surface area (Å²) in [5, 5.41) is 9.85. The van der Waals surface area contributed by atoms with Crippen LogP contribution in [0.1, 0.15) is 31.3 Å². The summed E-state index contributed by atoms with van der Waals surface area (Å²) >= 11 is 1.57. The number of fused-ring (bicyclic) bond motifs is 1. The number of pyridine rings is 1. The van der Waals surface area contributed by atoms with Crippen molar-refractivity contribution in [3.05, 3.63) is 70.0 Å². The lowest BCUT2D eigenvalue weighted by atomic mass is 10.1. The molecule has 0 fully saturated rings. The van der Waals surface area contributed by atoms with Gasteiger partial charge < -0.3 is 15.2 Å². The third kappa shape index (κ3) is 4.31. The maximum absolute atomic E-state index is 13.7. The third-order valence-corrected chi connectivity index (χ3v) is 5.69. The van der Waals surface area contributed by atoms with Gasteiger partial charge in [-0.25, -0.2) is 9.37 Å². The van der Waals surface area contributed by atoms with E-state index in [-0.39, 0.29) is 24.6 Å². The summed E-state index contributed by atoms with van der Waals surface area (Å²) in [6, 6.07) is 11.4. The molecular formula is C22H19FN4O3S. The van der Waals surface area contributed by atoms with Crippen molar-refractivity contribution in [2.45, 2.75) is 13.8 Å². The average Bonchev–Trinajstić information content (AvgIpc) is 3.36. The molecule has 0 aliphatic carbocycles. The Hall–Kier alpha value is -3.59. The van der Waals surface area contributed by atoms with Crippen molar-refractivity contribution in [1.82, 2.24) is 20.8 Å². The summed E-state index contributed by atoms with van der Waals surface area (Å²) in [4.78, 5) is 31.5. The molecule has 2 N–H and O–H groups in total. The predicted octanol–water partition coefficient (Wildman–Crippen LogP) is 3.87. The molecule has 0 spiro atoms. The van der Waals surface area contributed by atoms with Crippen LogP contribution in [0.3, 0.4) is 0 Å². The van der Waals surface area contributed by atoms with Crippen LogP contribution >= 0.6 is 11.3 Å². The van der Waals surface area contributed by atoms with E-state index in [0.29, 0.717) is 28.1 Å². The lowest BCUT2D eigenvalue weighted by Crippen LogP contribution is -2.35. The molecule has 0 atom stereocenters. The quantitative estimate of drug-likeness (QED) is 0.446. The Morgan fingerprint density at radius 2 is 1.74 bits per heavy atom. The average molecular weight is 438 g/mol. The van der Waals surface area contributed by atoms with E-state index >= 15 is 0 Å². The van der Waals surface area contributed by atoms with Crippen LogP contribution in [0.25, 0.3) is 21.7 Å². The first-order chi connectivity index (χ1) is 14.9. The van der Waals surface area contributed by atoms with Gasteiger partial charge in [-0.3, -0.25) is 9.59 Å². The molecule has 0 saturated heterocycles. The van der Waals surface area contributed by atoms with Gasteiger partial charge in [0.25, 0.3) is 17.5 Å². The van der Waals surface area contributed by atoms with Gasteiger partial charge in [-0.15, -0.1) is 11.3 Å². The second-order valence-electron chi connectivity index (χ2n) is 6.91. The summed E-state index contributed by atoms with van der Waals surface area (Å²) in [6.07, 6.45) is 0. The number of hydrogen-bond donors (Lipinski definition) is 2. The Bertz CT molecular complexity index is 1280. The molecule has 3 aromatic heterocycles. The van der Waals surface area contributed by atoms with Crippen LogP contribution in [0.5, 0.6) is 0 Å². The number of hydrogen-bond acceptors (Lipinski definition) is 6. The summed E-state index contributed by atoms with van der Waals surface area (Å²) < 4.78 is 19.0. The van der Waals surface area contributed by atoms with Gasteiger partial charge in [0, 0.05) is 18.0 Å². The predicted molar refractivity (Wildman–Crippen MR) is 116 cm³/mol. The number of nitrogens with one attached hydrogen (secondary N) is 2. The number of halogens is 1. The Labute approximate surface area is 181 Å². The Morgan fingerprint density at radius 3 is 2.42 bits per heavy atom. The highest BCUT2D eigenvalue weighted by Crippen LogP contribution is 2.30. The van der Waals surface area contributed by atoms with E-state index in [0.717, 1.165) is 9.75 Å². The van der Waals surface area contributed by atoms with E-state index in [1.807, 2.05) is 19.1 Å². The number of nitrogens with zero attached hydrogens (tertiary/aromatic N) is 2. The fourth-order valence-electron chi connectivity index (χ4n) is 3.16. The molecular weight excluding hydrogens is 419 g/mol. The second kappa shape index (κ2) is 8.65. The smallest absolute Gasteiger partial charge is 0.259 e. The number of amides is 2. The van der Waals surface area contributed by atoms with Crippen molar-refractivity contribution >= 4 is 34.3 Å². The molecule has 0 saturated carbocycles. The molecule has 4 rings (SSSR count). The first-order valence-corrected chi connectivity index (χ1v) is 10.4. The molecule has 0 bridgehead atoms. The molecule has 0 unspecified atom stereocenters. The SMILES string of the molecule is Cc1ccc(-c2cc(C(=O)NCCNC(=O)c3ccccc3F)c3c(C)noc3n2)s1. The van der Waals surface area contributed by atoms with Crippen molar-refractivity contribution in [3.63, 3.8) is 0 Å². The van der Waals surface area contributed by atoms with Gasteiger partial charge in [0.05, 0.1) is 32.8 Å². The number of aryl methyl sites for hydroxylation is 2. The zero-order chi connectivity index (χ0) is 22.0. The molecule has 31 heavy (non-hydrogen) atoms. The van der Waals surface area contributed by atoms with E-state index in [4.69, 9.17) is 4.52 Å². The summed E-state index contributed by atoms with van der Waals surface area (Å²) in [7, 11) is 0. The van der Waals surface area contributed by atoms with E-state index < -0.39 is 11.7 Å². The second-order valence-corrected chi connectivity index (χ2v) is 8.19. The number of benzene rings is 1. The molecule has 9 heteroatoms. The normalized spacial score (nSPS) is 10.9. The number of aromatic nitrogens is 2. The molecule has 4 aromatic rings. The van der Waals surface area contributed by atoms with Gasteiger partial charge in [0.2, 0.25) is 0 Å². The van der Waals surface area contributed by atoms with Crippen LogP contribution in [0.15, 0.2) is 47.0 Å². The van der Waals surface area contributed by atoms with Crippen molar-refractivity contribution in [3.8, 4) is 10.6 Å². The van der Waals surface area contributed by atoms with Crippen LogP contribution in [-0.2, 0) is 0 Å². The van der Waals surface area contributed by atoms with Gasteiger partial charge in [-0.1, -0.05) is 17.3 Å². The topological polar surface area (TPSA) is 97.1 Å². The van der Waals surface area contributed by atoms with Crippen LogP contribution in [0.4, 0.5) is 4.39 Å². The van der Waals surface area contributed by atoms with Crippen molar-refractivity contribution in [1.29, 1.82) is 0 Å². The van der Waals surface area contributed by atoms with Crippen LogP contribution in [0, 0.1) is 19.7 Å². The highest BCUT2D eigenvalue weighted by Gasteiger charge is 2.20. The molecule has 3 heterocycles. The summed E-state index contributed by atoms with van der Waals surface area (Å²) in [5.74, 6) is -1.47. The fourth-order valence-corrected chi connectivity index (χ4v) is 3.99. The standard InChI is InChI=1S/C22H19FN4O3S/c1-12-7-8-18(31-12)17-11-15(19-13(2)27-30-22(19)26-17)21(29)25-10-9-24-20(28)14-5-3-4-6-16(14)23/h3-8,11H,9-10H2,1-2H3,(H,24,28)(H,25,29). The lowest BCUT2D eigenvalue weighted by Gasteiger charge is -2.09. The molecule has 1 aromatic carbocycles. The molecule has 2 amide bonds. The highest BCUT2D eigenvalue weighted by molar-refractivity contribution is 7.15. The first kappa shape index (κ1) is 20.7. The Balaban J connectivity index is 1.48. The first-order valence-electron chi connectivity index (χ1n) is 9.59. The van der Waals surface area contributed by atoms with Gasteiger partial charge in [-0.05, 0) is 44.2 Å². The van der Waals surface area contributed by atoms with Crippen molar-refractivity contribution in [2.24, 2.45) is 0 Å². The maximum atomic E-state index is 13.7. The number of rotatable bonds is 6. The fraction of sp³-hybridized carbons (Fsp3) is 0.182. The van der Waals surface area contributed by atoms with Crippen molar-refractivity contribution < 1.29 is 18.5 Å². The van der Waals surface area contributed by atoms with E-state index in [1.165, 1.54) is 18.2 Å². The van der Waals surface area contributed by atoms with Gasteiger partial charge >= 0.3 is 0 Å². The Kier molecular flexibility index (Phi) is 5.77. The highest BCUT2D eigenvalue weighted by atomic mass is 32.1. The number of carbonyl (C=O) groups is 2. The van der Waals surface area contributed by atoms with Gasteiger partial charge in [-0.2, -0.15) is 0 Å². The molecule has 7 nitrogen and oxygen atoms in total. The minimum Gasteiger partial charge on any atom is -0.350 e. The van der Waals surface area contributed by atoms with Gasteiger partial charge in [0.1, 0.15) is 5.82 Å². The monoisotopic (exact) mass is 438 g/mol. The minimum atomic E-state index is -0.595. The van der Waals surface area contributed by atoms with E-state index in [1.54, 1.807) is 30.4 Å². The Morgan fingerprint density at radius 1 is 1.03 bits per heavy atom. The van der Waals surface area contributed by atoms with Gasteiger partial charge in [0.15, 0.2) is 0 Å².